The molecule has 0 saturated carbocycles. The second-order valence-corrected chi connectivity index (χ2v) is 6.04. The highest BCUT2D eigenvalue weighted by Gasteiger charge is 2.13. The molecule has 0 aliphatic carbocycles. The Kier molecular flexibility index (Phi) is 6.97. The van der Waals surface area contributed by atoms with E-state index in [4.69, 9.17) is 0 Å². The molecular formula is C14H26N6O2. The average Bonchev–Trinajstić information content (AvgIpc) is 2.48. The van der Waals surface area contributed by atoms with Gasteiger partial charge in [-0.3, -0.25) is 4.79 Å². The fraction of sp³-hybridized carbons (Fsp3) is 0.714. The molecule has 0 spiro atoms. The number of carbonyl (C=O) groups excluding carboxylic acids is 1. The molecule has 1 aliphatic heterocycles. The lowest BCUT2D eigenvalue weighted by molar-refractivity contribution is -0.138. The summed E-state index contributed by atoms with van der Waals surface area (Å²) < 4.78 is 4.55. The van der Waals surface area contributed by atoms with Gasteiger partial charge in [0, 0.05) is 40.3 Å². The van der Waals surface area contributed by atoms with Gasteiger partial charge in [0.15, 0.2) is 0 Å². The molecule has 2 rings (SSSR count). The fourth-order valence-corrected chi connectivity index (χ4v) is 1.66. The zero-order valence-electron chi connectivity index (χ0n) is 14.0. The number of ether oxygens (including phenoxy) is 1. The molecule has 0 bridgehead atoms. The second-order valence-electron chi connectivity index (χ2n) is 6.04. The van der Waals surface area contributed by atoms with Crippen molar-refractivity contribution in [2.45, 2.75) is 26.4 Å². The van der Waals surface area contributed by atoms with Crippen LogP contribution in [0.3, 0.4) is 0 Å². The van der Waals surface area contributed by atoms with Crippen LogP contribution >= 0.6 is 0 Å². The first kappa shape index (κ1) is 18.1. The second kappa shape index (κ2) is 8.47. The molecule has 1 aromatic rings. The standard InChI is InChI=1S/C9H16N6.C5H10O2/c1-14(2)8-11-7-12-9(13-8)15-5-3-10-4-6-15;1-5(2,3)7-4-6/h7,10H,3-6H2,1-2H3;4H,1-3H3. The van der Waals surface area contributed by atoms with Crippen molar-refractivity contribution in [1.82, 2.24) is 20.3 Å². The first-order chi connectivity index (χ1) is 10.3. The average molecular weight is 310 g/mol. The summed E-state index contributed by atoms with van der Waals surface area (Å²) in [5, 5.41) is 3.30. The molecule has 124 valence electrons. The highest BCUT2D eigenvalue weighted by Crippen LogP contribution is 2.10. The van der Waals surface area contributed by atoms with Gasteiger partial charge in [0.25, 0.3) is 6.47 Å². The SMILES string of the molecule is CC(C)(C)OC=O.CN(C)c1ncnc(N2CCNCC2)n1. The minimum Gasteiger partial charge on any atom is -0.462 e. The minimum absolute atomic E-state index is 0.318. The summed E-state index contributed by atoms with van der Waals surface area (Å²) in [6.45, 7) is 9.81. The number of nitrogens with zero attached hydrogens (tertiary/aromatic N) is 5. The maximum absolute atomic E-state index is 9.60. The predicted molar refractivity (Wildman–Crippen MR) is 86.1 cm³/mol. The van der Waals surface area contributed by atoms with Crippen LogP contribution in [0, 0.1) is 0 Å². The van der Waals surface area contributed by atoms with Gasteiger partial charge in [-0.15, -0.1) is 0 Å². The van der Waals surface area contributed by atoms with E-state index >= 15 is 0 Å². The number of anilines is 2. The van der Waals surface area contributed by atoms with Gasteiger partial charge < -0.3 is 19.9 Å². The van der Waals surface area contributed by atoms with Gasteiger partial charge in [0.05, 0.1) is 0 Å². The molecule has 0 amide bonds. The van der Waals surface area contributed by atoms with Crippen LogP contribution in [-0.4, -0.2) is 67.3 Å². The number of aromatic nitrogens is 3. The van der Waals surface area contributed by atoms with Crippen molar-refractivity contribution in [3.63, 3.8) is 0 Å². The van der Waals surface area contributed by atoms with Crippen molar-refractivity contribution in [3.8, 4) is 0 Å². The van der Waals surface area contributed by atoms with Crippen LogP contribution in [0.4, 0.5) is 11.9 Å². The highest BCUT2D eigenvalue weighted by atomic mass is 16.5. The van der Waals surface area contributed by atoms with Crippen molar-refractivity contribution in [2.24, 2.45) is 0 Å². The monoisotopic (exact) mass is 310 g/mol. The number of carbonyl (C=O) groups is 1. The minimum atomic E-state index is -0.318. The fourth-order valence-electron chi connectivity index (χ4n) is 1.66. The zero-order chi connectivity index (χ0) is 16.6. The maximum atomic E-state index is 9.60. The van der Waals surface area contributed by atoms with Crippen molar-refractivity contribution < 1.29 is 9.53 Å². The van der Waals surface area contributed by atoms with Crippen molar-refractivity contribution in [3.05, 3.63) is 6.33 Å². The number of hydrogen-bond acceptors (Lipinski definition) is 8. The normalized spacial score (nSPS) is 14.7. The summed E-state index contributed by atoms with van der Waals surface area (Å²) in [5.41, 5.74) is -0.318. The van der Waals surface area contributed by atoms with Crippen LogP contribution in [0.2, 0.25) is 0 Å². The lowest BCUT2D eigenvalue weighted by atomic mass is 10.2. The number of rotatable bonds is 3. The molecule has 0 radical (unpaired) electrons. The van der Waals surface area contributed by atoms with Crippen LogP contribution in [0.15, 0.2) is 6.33 Å². The van der Waals surface area contributed by atoms with E-state index in [1.807, 2.05) is 39.8 Å². The molecular weight excluding hydrogens is 284 g/mol. The Hall–Kier alpha value is -1.96. The maximum Gasteiger partial charge on any atom is 0.293 e. The molecule has 2 heterocycles. The van der Waals surface area contributed by atoms with Crippen LogP contribution in [0.5, 0.6) is 0 Å². The zero-order valence-corrected chi connectivity index (χ0v) is 14.0. The Morgan fingerprint density at radius 1 is 1.27 bits per heavy atom. The van der Waals surface area contributed by atoms with E-state index in [1.54, 1.807) is 6.33 Å². The van der Waals surface area contributed by atoms with E-state index in [-0.39, 0.29) is 5.60 Å². The third-order valence-corrected chi connectivity index (χ3v) is 2.75. The Morgan fingerprint density at radius 2 is 1.91 bits per heavy atom. The van der Waals surface area contributed by atoms with Gasteiger partial charge in [-0.25, -0.2) is 9.97 Å². The lowest BCUT2D eigenvalue weighted by Gasteiger charge is -2.27. The van der Waals surface area contributed by atoms with Crippen molar-refractivity contribution >= 4 is 18.4 Å². The predicted octanol–water partition coefficient (Wildman–Crippen LogP) is 0.305. The van der Waals surface area contributed by atoms with Gasteiger partial charge in [-0.05, 0) is 20.8 Å². The third-order valence-electron chi connectivity index (χ3n) is 2.75. The van der Waals surface area contributed by atoms with E-state index in [0.717, 1.165) is 32.1 Å². The molecule has 1 aliphatic rings. The number of piperazine rings is 1. The lowest BCUT2D eigenvalue weighted by Crippen LogP contribution is -2.44. The van der Waals surface area contributed by atoms with E-state index in [2.05, 4.69) is 29.9 Å². The Balaban J connectivity index is 0.000000295. The van der Waals surface area contributed by atoms with E-state index < -0.39 is 0 Å². The Morgan fingerprint density at radius 3 is 2.36 bits per heavy atom. The smallest absolute Gasteiger partial charge is 0.293 e. The molecule has 1 fully saturated rings. The van der Waals surface area contributed by atoms with Crippen LogP contribution < -0.4 is 15.1 Å². The molecule has 1 saturated heterocycles. The third kappa shape index (κ3) is 6.66. The van der Waals surface area contributed by atoms with E-state index in [9.17, 15) is 4.79 Å². The van der Waals surface area contributed by atoms with Gasteiger partial charge in [-0.2, -0.15) is 4.98 Å². The summed E-state index contributed by atoms with van der Waals surface area (Å²) in [4.78, 5) is 26.3. The molecule has 0 unspecified atom stereocenters. The topological polar surface area (TPSA) is 83.5 Å². The van der Waals surface area contributed by atoms with Crippen LogP contribution in [-0.2, 0) is 9.53 Å². The summed E-state index contributed by atoms with van der Waals surface area (Å²) in [5.74, 6) is 1.48. The number of hydrogen-bond donors (Lipinski definition) is 1. The molecule has 8 heteroatoms. The molecule has 22 heavy (non-hydrogen) atoms. The molecule has 1 aromatic heterocycles. The summed E-state index contributed by atoms with van der Waals surface area (Å²) in [6.07, 6.45) is 1.57. The van der Waals surface area contributed by atoms with Crippen LogP contribution in [0.25, 0.3) is 0 Å². The highest BCUT2D eigenvalue weighted by molar-refractivity contribution is 5.38. The number of nitrogens with one attached hydrogen (secondary N) is 1. The van der Waals surface area contributed by atoms with Crippen molar-refractivity contribution in [2.75, 3.05) is 50.1 Å². The molecule has 8 nitrogen and oxygen atoms in total. The largest absolute Gasteiger partial charge is 0.462 e. The van der Waals surface area contributed by atoms with Crippen LogP contribution in [0.1, 0.15) is 20.8 Å². The summed E-state index contributed by atoms with van der Waals surface area (Å²) in [7, 11) is 3.85. The first-order valence-electron chi connectivity index (χ1n) is 7.27. The Labute approximate surface area is 131 Å². The molecule has 0 atom stereocenters. The van der Waals surface area contributed by atoms with Gasteiger partial charge in [0.1, 0.15) is 11.9 Å². The van der Waals surface area contributed by atoms with Crippen molar-refractivity contribution in [1.29, 1.82) is 0 Å². The van der Waals surface area contributed by atoms with E-state index in [1.165, 1.54) is 0 Å². The summed E-state index contributed by atoms with van der Waals surface area (Å²) >= 11 is 0. The van der Waals surface area contributed by atoms with Gasteiger partial charge in [0.2, 0.25) is 11.9 Å². The van der Waals surface area contributed by atoms with Gasteiger partial charge in [-0.1, -0.05) is 0 Å². The van der Waals surface area contributed by atoms with Gasteiger partial charge >= 0.3 is 0 Å². The molecule has 1 N–H and O–H groups in total. The quantitative estimate of drug-likeness (QED) is 0.799. The molecule has 0 aromatic carbocycles. The van der Waals surface area contributed by atoms with E-state index in [0.29, 0.717) is 12.4 Å². The summed E-state index contributed by atoms with van der Waals surface area (Å²) in [6, 6.07) is 0. The Bertz CT molecular complexity index is 455. The first-order valence-corrected chi connectivity index (χ1v) is 7.27.